The molecule has 0 bridgehead atoms. The molecule has 2 amide bonds. The number of para-hydroxylation sites is 1. The average Bonchev–Trinajstić information content (AvgIpc) is 3.44. The predicted molar refractivity (Wildman–Crippen MR) is 132 cm³/mol. The molecule has 2 aromatic carbocycles. The monoisotopic (exact) mass is 485 g/mol. The van der Waals surface area contributed by atoms with Crippen molar-refractivity contribution in [3.63, 3.8) is 0 Å². The van der Waals surface area contributed by atoms with Crippen molar-refractivity contribution in [2.24, 2.45) is 5.41 Å². The Balaban J connectivity index is 1.56. The van der Waals surface area contributed by atoms with E-state index in [0.717, 1.165) is 11.1 Å². The van der Waals surface area contributed by atoms with Crippen LogP contribution in [0.5, 0.6) is 0 Å². The Kier molecular flexibility index (Phi) is 6.83. The highest BCUT2D eigenvalue weighted by atomic mass is 16.5. The van der Waals surface area contributed by atoms with E-state index >= 15 is 0 Å². The lowest BCUT2D eigenvalue weighted by atomic mass is 9.86. The molecule has 1 unspecified atom stereocenters. The highest BCUT2D eigenvalue weighted by Gasteiger charge is 2.34. The van der Waals surface area contributed by atoms with Crippen molar-refractivity contribution < 1.29 is 14.1 Å². The van der Waals surface area contributed by atoms with Crippen molar-refractivity contribution in [2.45, 2.75) is 46.8 Å². The minimum atomic E-state index is -0.833. The molecule has 4 aromatic rings. The molecule has 2 heterocycles. The maximum atomic E-state index is 13.4. The van der Waals surface area contributed by atoms with Gasteiger partial charge < -0.3 is 15.2 Å². The molecule has 4 rings (SSSR count). The van der Waals surface area contributed by atoms with Gasteiger partial charge in [-0.15, -0.1) is 0 Å². The van der Waals surface area contributed by atoms with Gasteiger partial charge in [0.1, 0.15) is 6.04 Å². The smallest absolute Gasteiger partial charge is 0.273 e. The molecule has 2 N–H and O–H groups in total. The van der Waals surface area contributed by atoms with Gasteiger partial charge in [0.15, 0.2) is 11.5 Å². The van der Waals surface area contributed by atoms with E-state index in [-0.39, 0.29) is 18.1 Å². The second kappa shape index (κ2) is 10.00. The minimum absolute atomic E-state index is 0.0841. The second-order valence-corrected chi connectivity index (χ2v) is 9.55. The number of hydrogen-bond donors (Lipinski definition) is 2. The number of amides is 2. The highest BCUT2D eigenvalue weighted by molar-refractivity contribution is 6.06. The van der Waals surface area contributed by atoms with Gasteiger partial charge in [-0.1, -0.05) is 56.3 Å². The molecule has 184 valence electrons. The Morgan fingerprint density at radius 2 is 1.86 bits per heavy atom. The maximum absolute atomic E-state index is 13.4. The molecule has 0 aliphatic heterocycles. The quantitative estimate of drug-likeness (QED) is 0.410. The van der Waals surface area contributed by atoms with Crippen molar-refractivity contribution in [3.8, 4) is 6.07 Å². The van der Waals surface area contributed by atoms with E-state index in [2.05, 4.69) is 31.9 Å². The number of aryl methyl sites for hydroxylation is 1. The summed E-state index contributed by atoms with van der Waals surface area (Å²) in [5, 5.41) is 23.7. The first-order valence-corrected chi connectivity index (χ1v) is 11.5. The maximum Gasteiger partial charge on any atom is 0.273 e. The van der Waals surface area contributed by atoms with Crippen LogP contribution in [0.4, 0.5) is 0 Å². The number of fused-ring (bicyclic) bond motifs is 1. The summed E-state index contributed by atoms with van der Waals surface area (Å²) in [4.78, 5) is 30.5. The van der Waals surface area contributed by atoms with Crippen LogP contribution in [0, 0.1) is 23.7 Å². The van der Waals surface area contributed by atoms with Gasteiger partial charge in [-0.3, -0.25) is 14.3 Å². The first-order valence-electron chi connectivity index (χ1n) is 11.5. The fraction of sp³-hybridized carbons (Fsp3) is 0.308. The molecule has 36 heavy (non-hydrogen) atoms. The van der Waals surface area contributed by atoms with Crippen LogP contribution in [0.25, 0.3) is 10.9 Å². The number of nitriles is 1. The Labute approximate surface area is 208 Å². The van der Waals surface area contributed by atoms with E-state index in [4.69, 9.17) is 9.78 Å². The first-order chi connectivity index (χ1) is 17.2. The third-order valence-corrected chi connectivity index (χ3v) is 5.68. The van der Waals surface area contributed by atoms with E-state index in [1.807, 2.05) is 57.2 Å². The van der Waals surface area contributed by atoms with Crippen LogP contribution in [0.3, 0.4) is 0 Å². The summed E-state index contributed by atoms with van der Waals surface area (Å²) in [6, 6.07) is 15.9. The second-order valence-electron chi connectivity index (χ2n) is 9.55. The van der Waals surface area contributed by atoms with Crippen molar-refractivity contribution in [3.05, 3.63) is 77.1 Å². The molecule has 10 nitrogen and oxygen atoms in total. The number of rotatable bonds is 7. The van der Waals surface area contributed by atoms with Crippen molar-refractivity contribution in [1.82, 2.24) is 30.6 Å². The van der Waals surface area contributed by atoms with E-state index < -0.39 is 17.4 Å². The molecule has 0 spiro atoms. The number of carbonyl (C=O) groups is 2. The summed E-state index contributed by atoms with van der Waals surface area (Å²) in [5.74, 6) is -0.0503. The van der Waals surface area contributed by atoms with Crippen LogP contribution < -0.4 is 10.6 Å². The lowest BCUT2D eigenvalue weighted by Crippen LogP contribution is -2.53. The van der Waals surface area contributed by atoms with Gasteiger partial charge in [-0.2, -0.15) is 15.3 Å². The number of benzene rings is 2. The molecule has 1 atom stereocenters. The van der Waals surface area contributed by atoms with Gasteiger partial charge in [-0.25, -0.2) is 0 Å². The lowest BCUT2D eigenvalue weighted by Gasteiger charge is -2.30. The summed E-state index contributed by atoms with van der Waals surface area (Å²) < 4.78 is 6.68. The number of nitrogens with one attached hydrogen (secondary N) is 2. The Morgan fingerprint density at radius 1 is 1.14 bits per heavy atom. The van der Waals surface area contributed by atoms with Gasteiger partial charge in [-0.05, 0) is 29.2 Å². The lowest BCUT2D eigenvalue weighted by molar-refractivity contribution is -0.125. The molecule has 0 fully saturated rings. The predicted octanol–water partition coefficient (Wildman–Crippen LogP) is 3.11. The molecular formula is C26H27N7O3. The fourth-order valence-electron chi connectivity index (χ4n) is 3.83. The molecule has 0 aliphatic carbocycles. The molecule has 10 heteroatoms. The molecular weight excluding hydrogens is 458 g/mol. The van der Waals surface area contributed by atoms with Crippen LogP contribution in [0.2, 0.25) is 0 Å². The largest absolute Gasteiger partial charge is 0.347 e. The van der Waals surface area contributed by atoms with Crippen LogP contribution in [0.1, 0.15) is 54.1 Å². The third kappa shape index (κ3) is 5.41. The number of carbonyl (C=O) groups excluding carboxylic acids is 2. The van der Waals surface area contributed by atoms with Gasteiger partial charge >= 0.3 is 0 Å². The number of hydrogen-bond acceptors (Lipinski definition) is 7. The molecule has 2 aromatic heterocycles. The Bertz CT molecular complexity index is 1440. The van der Waals surface area contributed by atoms with Gasteiger partial charge in [0, 0.05) is 12.3 Å². The zero-order chi connectivity index (χ0) is 25.9. The topological polar surface area (TPSA) is 139 Å². The standard InChI is InChI=1S/C26H27N7O3/c1-16-29-21(32-36-16)14-28-25(35)23(26(2,3)4)30-24(34)22-19-7-5-6-8-20(19)33(31-22)15-18-11-9-17(13-27)10-12-18/h5-12,23H,14-15H2,1-4H3,(H,28,35)(H,30,34). The Morgan fingerprint density at radius 3 is 2.50 bits per heavy atom. The molecule has 0 radical (unpaired) electrons. The zero-order valence-electron chi connectivity index (χ0n) is 20.6. The third-order valence-electron chi connectivity index (χ3n) is 5.68. The molecule has 0 saturated heterocycles. The van der Waals surface area contributed by atoms with Crippen molar-refractivity contribution >= 4 is 22.7 Å². The van der Waals surface area contributed by atoms with E-state index in [1.165, 1.54) is 0 Å². The minimum Gasteiger partial charge on any atom is -0.347 e. The zero-order valence-corrected chi connectivity index (χ0v) is 20.6. The summed E-state index contributed by atoms with van der Waals surface area (Å²) in [7, 11) is 0. The van der Waals surface area contributed by atoms with Crippen LogP contribution in [-0.4, -0.2) is 37.8 Å². The molecule has 0 aliphatic rings. The van der Waals surface area contributed by atoms with Gasteiger partial charge in [0.2, 0.25) is 11.8 Å². The van der Waals surface area contributed by atoms with Crippen LogP contribution in [0.15, 0.2) is 53.1 Å². The van der Waals surface area contributed by atoms with Crippen molar-refractivity contribution in [2.75, 3.05) is 0 Å². The van der Waals surface area contributed by atoms with E-state index in [0.29, 0.717) is 29.2 Å². The summed E-state index contributed by atoms with van der Waals surface area (Å²) in [6.07, 6.45) is 0. The normalized spacial score (nSPS) is 12.2. The van der Waals surface area contributed by atoms with Crippen molar-refractivity contribution in [1.29, 1.82) is 5.26 Å². The van der Waals surface area contributed by atoms with Gasteiger partial charge in [0.25, 0.3) is 5.91 Å². The Hall–Kier alpha value is -4.52. The number of aromatic nitrogens is 4. The summed E-state index contributed by atoms with van der Waals surface area (Å²) >= 11 is 0. The molecule has 0 saturated carbocycles. The van der Waals surface area contributed by atoms with E-state index in [1.54, 1.807) is 23.7 Å². The fourth-order valence-corrected chi connectivity index (χ4v) is 3.83. The SMILES string of the molecule is Cc1nc(CNC(=O)C(NC(=O)c2nn(Cc3ccc(C#N)cc3)c3ccccc23)C(C)(C)C)no1. The number of nitrogens with zero attached hydrogens (tertiary/aromatic N) is 5. The summed E-state index contributed by atoms with van der Waals surface area (Å²) in [6.45, 7) is 7.79. The summed E-state index contributed by atoms with van der Waals surface area (Å²) in [5.41, 5.74) is 1.96. The van der Waals surface area contributed by atoms with Gasteiger partial charge in [0.05, 0.1) is 30.2 Å². The van der Waals surface area contributed by atoms with Crippen LogP contribution >= 0.6 is 0 Å². The average molecular weight is 486 g/mol. The van der Waals surface area contributed by atoms with Crippen LogP contribution in [-0.2, 0) is 17.9 Å². The van der Waals surface area contributed by atoms with E-state index in [9.17, 15) is 9.59 Å². The highest BCUT2D eigenvalue weighted by Crippen LogP contribution is 2.23. The first kappa shape index (κ1) is 24.6.